The largest absolute Gasteiger partial charge is 0.436 e. The van der Waals surface area contributed by atoms with E-state index < -0.39 is 6.09 Å². The number of alkyl carbamates (subject to hydrolysis) is 1. The van der Waals surface area contributed by atoms with Crippen molar-refractivity contribution < 1.29 is 9.53 Å². The molecule has 0 aromatic rings. The molecule has 0 aromatic carbocycles. The van der Waals surface area contributed by atoms with Gasteiger partial charge in [-0.15, -0.1) is 6.42 Å². The first-order chi connectivity index (χ1) is 4.31. The first-order valence-corrected chi connectivity index (χ1v) is 2.44. The highest BCUT2D eigenvalue weighted by Crippen LogP contribution is 1.73. The predicted molar refractivity (Wildman–Crippen MR) is 33.5 cm³/mol. The number of amides is 1. The number of hydrogen-bond donors (Lipinski definition) is 1. The monoisotopic (exact) mass is 126 g/mol. The van der Waals surface area contributed by atoms with Crippen LogP contribution >= 0.6 is 0 Å². The molecule has 0 aromatic heterocycles. The van der Waals surface area contributed by atoms with Crippen molar-refractivity contribution in [1.82, 2.24) is 5.32 Å². The van der Waals surface area contributed by atoms with E-state index in [1.165, 1.54) is 0 Å². The van der Waals surface area contributed by atoms with Gasteiger partial charge in [0.05, 0.1) is 0 Å². The molecule has 0 fully saturated rings. The van der Waals surface area contributed by atoms with Gasteiger partial charge in [0.1, 0.15) is 0 Å². The summed E-state index contributed by atoms with van der Waals surface area (Å²) >= 11 is 0. The van der Waals surface area contributed by atoms with E-state index in [9.17, 15) is 4.79 Å². The molecule has 0 saturated heterocycles. The van der Waals surface area contributed by atoms with Crippen LogP contribution in [0.3, 0.4) is 0 Å². The molecule has 3 nitrogen and oxygen atoms in total. The van der Waals surface area contributed by atoms with Crippen LogP contribution < -0.4 is 5.32 Å². The fraction of sp³-hybridized carbons (Fsp3) is 0.333. The standard InChI is InChI=1S/C6H8NO2/c1-3-5-9-6(8)7-4-2/h1H,2,4-5H2,(H,7,8). The average molecular weight is 126 g/mol. The molecule has 0 aliphatic carbocycles. The Balaban J connectivity index is 3.19. The summed E-state index contributed by atoms with van der Waals surface area (Å²) in [5.41, 5.74) is 0. The van der Waals surface area contributed by atoms with Crippen LogP contribution in [0.15, 0.2) is 0 Å². The maximum absolute atomic E-state index is 10.3. The van der Waals surface area contributed by atoms with Crippen molar-refractivity contribution in [2.45, 2.75) is 0 Å². The van der Waals surface area contributed by atoms with E-state index in [1.54, 1.807) is 0 Å². The summed E-state index contributed by atoms with van der Waals surface area (Å²) in [6, 6.07) is 0. The molecule has 0 rings (SSSR count). The normalized spacial score (nSPS) is 7.56. The lowest BCUT2D eigenvalue weighted by Gasteiger charge is -1.98. The topological polar surface area (TPSA) is 38.3 Å². The fourth-order valence-electron chi connectivity index (χ4n) is 0.260. The Morgan fingerprint density at radius 2 is 2.56 bits per heavy atom. The summed E-state index contributed by atoms with van der Waals surface area (Å²) in [4.78, 5) is 10.3. The summed E-state index contributed by atoms with van der Waals surface area (Å²) < 4.78 is 4.41. The Labute approximate surface area is 54.4 Å². The van der Waals surface area contributed by atoms with Crippen molar-refractivity contribution in [3.63, 3.8) is 0 Å². The molecule has 0 atom stereocenters. The van der Waals surface area contributed by atoms with Crippen molar-refractivity contribution in [3.05, 3.63) is 6.92 Å². The minimum Gasteiger partial charge on any atom is -0.436 e. The Kier molecular flexibility index (Phi) is 4.33. The fourth-order valence-corrected chi connectivity index (χ4v) is 0.260. The molecule has 0 spiro atoms. The SMILES string of the molecule is C#CCOC(=O)NC[CH2]. The minimum absolute atomic E-state index is 0.00579. The van der Waals surface area contributed by atoms with Crippen molar-refractivity contribution in [3.8, 4) is 12.3 Å². The van der Waals surface area contributed by atoms with E-state index in [0.717, 1.165) is 0 Å². The van der Waals surface area contributed by atoms with Gasteiger partial charge in [0.15, 0.2) is 6.61 Å². The second-order valence-electron chi connectivity index (χ2n) is 1.21. The molecule has 0 heterocycles. The summed E-state index contributed by atoms with van der Waals surface area (Å²) in [6.45, 7) is 3.68. The summed E-state index contributed by atoms with van der Waals surface area (Å²) in [6.07, 6.45) is 4.28. The first-order valence-electron chi connectivity index (χ1n) is 2.44. The number of rotatable bonds is 2. The second kappa shape index (κ2) is 4.98. The van der Waals surface area contributed by atoms with Crippen LogP contribution in [0.1, 0.15) is 0 Å². The highest BCUT2D eigenvalue weighted by atomic mass is 16.5. The molecule has 1 radical (unpaired) electrons. The number of ether oxygens (including phenoxy) is 1. The molecule has 0 aliphatic heterocycles. The summed E-state index contributed by atoms with van der Waals surface area (Å²) in [5.74, 6) is 2.15. The van der Waals surface area contributed by atoms with E-state index >= 15 is 0 Å². The lowest BCUT2D eigenvalue weighted by Crippen LogP contribution is -2.23. The second-order valence-corrected chi connectivity index (χ2v) is 1.21. The maximum atomic E-state index is 10.3. The Bertz CT molecular complexity index is 126. The van der Waals surface area contributed by atoms with Gasteiger partial charge in [-0.05, 0) is 6.92 Å². The van der Waals surface area contributed by atoms with E-state index in [0.29, 0.717) is 6.54 Å². The van der Waals surface area contributed by atoms with Crippen LogP contribution in [0.25, 0.3) is 0 Å². The molecule has 1 N–H and O–H groups in total. The zero-order chi connectivity index (χ0) is 7.11. The van der Waals surface area contributed by atoms with Gasteiger partial charge in [0.2, 0.25) is 0 Å². The lowest BCUT2D eigenvalue weighted by molar-refractivity contribution is 0.161. The van der Waals surface area contributed by atoms with Gasteiger partial charge in [-0.1, -0.05) is 5.92 Å². The highest BCUT2D eigenvalue weighted by Gasteiger charge is 1.94. The van der Waals surface area contributed by atoms with Gasteiger partial charge in [-0.25, -0.2) is 4.79 Å². The lowest BCUT2D eigenvalue weighted by atomic mass is 10.7. The third-order valence-corrected chi connectivity index (χ3v) is 0.556. The minimum atomic E-state index is -0.525. The van der Waals surface area contributed by atoms with E-state index in [4.69, 9.17) is 6.42 Å². The van der Waals surface area contributed by atoms with Crippen LogP contribution in [-0.4, -0.2) is 19.2 Å². The average Bonchev–Trinajstić information content (AvgIpc) is 1.85. The van der Waals surface area contributed by atoms with Gasteiger partial charge < -0.3 is 10.1 Å². The third kappa shape index (κ3) is 4.69. The predicted octanol–water partition coefficient (Wildman–Crippen LogP) is 0.180. The van der Waals surface area contributed by atoms with Crippen LogP contribution in [0.5, 0.6) is 0 Å². The molecule has 0 unspecified atom stereocenters. The number of hydrogen-bond acceptors (Lipinski definition) is 2. The van der Waals surface area contributed by atoms with Gasteiger partial charge in [0, 0.05) is 6.54 Å². The molecular formula is C6H8NO2. The molecule has 49 valence electrons. The molecule has 1 amide bonds. The van der Waals surface area contributed by atoms with Crippen molar-refractivity contribution >= 4 is 6.09 Å². The molecule has 3 heteroatoms. The summed E-state index contributed by atoms with van der Waals surface area (Å²) in [7, 11) is 0. The molecular weight excluding hydrogens is 118 g/mol. The van der Waals surface area contributed by atoms with Crippen molar-refractivity contribution in [2.75, 3.05) is 13.2 Å². The number of nitrogens with one attached hydrogen (secondary N) is 1. The Morgan fingerprint density at radius 1 is 1.89 bits per heavy atom. The quantitative estimate of drug-likeness (QED) is 0.536. The molecule has 0 bridgehead atoms. The van der Waals surface area contributed by atoms with E-state index in [2.05, 4.69) is 22.9 Å². The molecule has 0 aliphatic rings. The number of terminal acetylenes is 1. The van der Waals surface area contributed by atoms with E-state index in [-0.39, 0.29) is 6.61 Å². The molecule has 9 heavy (non-hydrogen) atoms. The van der Waals surface area contributed by atoms with Crippen molar-refractivity contribution in [2.24, 2.45) is 0 Å². The van der Waals surface area contributed by atoms with Crippen LogP contribution in [-0.2, 0) is 4.74 Å². The number of carbonyl (C=O) groups excluding carboxylic acids is 1. The molecule has 0 saturated carbocycles. The smallest absolute Gasteiger partial charge is 0.408 e. The Hall–Kier alpha value is -1.17. The maximum Gasteiger partial charge on any atom is 0.408 e. The van der Waals surface area contributed by atoms with Crippen LogP contribution in [0.4, 0.5) is 4.79 Å². The Morgan fingerprint density at radius 3 is 3.00 bits per heavy atom. The van der Waals surface area contributed by atoms with Crippen LogP contribution in [0, 0.1) is 19.3 Å². The highest BCUT2D eigenvalue weighted by molar-refractivity contribution is 5.67. The number of carbonyl (C=O) groups is 1. The van der Waals surface area contributed by atoms with Gasteiger partial charge in [-0.2, -0.15) is 0 Å². The first kappa shape index (κ1) is 7.83. The summed E-state index contributed by atoms with van der Waals surface area (Å²) in [5, 5.41) is 2.31. The zero-order valence-electron chi connectivity index (χ0n) is 5.02. The van der Waals surface area contributed by atoms with Gasteiger partial charge in [0.25, 0.3) is 0 Å². The van der Waals surface area contributed by atoms with E-state index in [1.807, 2.05) is 0 Å². The zero-order valence-corrected chi connectivity index (χ0v) is 5.02. The van der Waals surface area contributed by atoms with Crippen molar-refractivity contribution in [1.29, 1.82) is 0 Å². The van der Waals surface area contributed by atoms with Crippen LogP contribution in [0.2, 0.25) is 0 Å². The van der Waals surface area contributed by atoms with Gasteiger partial charge in [-0.3, -0.25) is 0 Å². The van der Waals surface area contributed by atoms with Gasteiger partial charge >= 0.3 is 6.09 Å². The third-order valence-electron chi connectivity index (χ3n) is 0.556.